The largest absolute Gasteiger partial charge is 0.337 e. The molecule has 0 unspecified atom stereocenters. The summed E-state index contributed by atoms with van der Waals surface area (Å²) in [7, 11) is 0. The Morgan fingerprint density at radius 3 is 3.14 bits per heavy atom. The SMILES string of the molecule is O=C(CCl)Cc1cccc2c1COO2. The van der Waals surface area contributed by atoms with E-state index in [9.17, 15) is 4.79 Å². The zero-order valence-corrected chi connectivity index (χ0v) is 8.21. The third-order valence-electron chi connectivity index (χ3n) is 2.12. The number of ketones is 1. The molecule has 1 aliphatic heterocycles. The summed E-state index contributed by atoms with van der Waals surface area (Å²) in [4.78, 5) is 20.9. The number of hydrogen-bond acceptors (Lipinski definition) is 3. The molecular formula is C10H9ClO3. The molecule has 1 aliphatic rings. The lowest BCUT2D eigenvalue weighted by atomic mass is 10.0. The van der Waals surface area contributed by atoms with Crippen LogP contribution in [0.5, 0.6) is 5.75 Å². The first-order valence-electron chi connectivity index (χ1n) is 4.29. The number of fused-ring (bicyclic) bond motifs is 1. The van der Waals surface area contributed by atoms with E-state index < -0.39 is 0 Å². The summed E-state index contributed by atoms with van der Waals surface area (Å²) in [5, 5.41) is 0. The molecule has 0 bridgehead atoms. The van der Waals surface area contributed by atoms with Gasteiger partial charge in [-0.25, -0.2) is 0 Å². The van der Waals surface area contributed by atoms with E-state index in [-0.39, 0.29) is 11.7 Å². The summed E-state index contributed by atoms with van der Waals surface area (Å²) >= 11 is 5.44. The molecule has 0 radical (unpaired) electrons. The maximum Gasteiger partial charge on any atom is 0.171 e. The summed E-state index contributed by atoms with van der Waals surface area (Å²) in [6.07, 6.45) is 0.347. The Kier molecular flexibility index (Phi) is 2.70. The second kappa shape index (κ2) is 3.98. The molecule has 0 aromatic heterocycles. The number of rotatable bonds is 3. The van der Waals surface area contributed by atoms with Crippen molar-refractivity contribution in [2.75, 3.05) is 5.88 Å². The number of carbonyl (C=O) groups is 1. The fourth-order valence-electron chi connectivity index (χ4n) is 1.43. The van der Waals surface area contributed by atoms with Crippen LogP contribution < -0.4 is 4.89 Å². The van der Waals surface area contributed by atoms with Gasteiger partial charge < -0.3 is 4.89 Å². The van der Waals surface area contributed by atoms with Gasteiger partial charge in [-0.3, -0.25) is 4.79 Å². The molecule has 0 fully saturated rings. The Balaban J connectivity index is 2.26. The first-order valence-corrected chi connectivity index (χ1v) is 4.82. The summed E-state index contributed by atoms with van der Waals surface area (Å²) < 4.78 is 0. The lowest BCUT2D eigenvalue weighted by Gasteiger charge is -2.02. The van der Waals surface area contributed by atoms with E-state index in [1.165, 1.54) is 0 Å². The van der Waals surface area contributed by atoms with Crippen molar-refractivity contribution in [2.24, 2.45) is 0 Å². The molecule has 0 aliphatic carbocycles. The third kappa shape index (κ3) is 1.74. The first-order chi connectivity index (χ1) is 6.81. The molecule has 14 heavy (non-hydrogen) atoms. The molecule has 1 aromatic rings. The van der Waals surface area contributed by atoms with Gasteiger partial charge in [-0.1, -0.05) is 12.1 Å². The molecule has 0 N–H and O–H groups in total. The Hall–Kier alpha value is -1.06. The highest BCUT2D eigenvalue weighted by atomic mass is 35.5. The molecule has 0 amide bonds. The van der Waals surface area contributed by atoms with Crippen molar-refractivity contribution in [1.29, 1.82) is 0 Å². The molecule has 2 rings (SSSR count). The lowest BCUT2D eigenvalue weighted by molar-refractivity contribution is -0.194. The fraction of sp³-hybridized carbons (Fsp3) is 0.300. The maximum atomic E-state index is 11.2. The minimum Gasteiger partial charge on any atom is -0.337 e. The number of benzene rings is 1. The van der Waals surface area contributed by atoms with Crippen LogP contribution >= 0.6 is 11.6 Å². The van der Waals surface area contributed by atoms with Crippen LogP contribution in [0.3, 0.4) is 0 Å². The van der Waals surface area contributed by atoms with Crippen LogP contribution in [0.4, 0.5) is 0 Å². The van der Waals surface area contributed by atoms with Gasteiger partial charge in [0.2, 0.25) is 0 Å². The normalized spacial score (nSPS) is 13.5. The highest BCUT2D eigenvalue weighted by Gasteiger charge is 2.18. The van der Waals surface area contributed by atoms with E-state index >= 15 is 0 Å². The van der Waals surface area contributed by atoms with Gasteiger partial charge in [-0.2, -0.15) is 4.89 Å². The minimum absolute atomic E-state index is 0.00645. The number of Topliss-reactive ketones (excluding diaryl/α,β-unsaturated/α-hetero) is 1. The maximum absolute atomic E-state index is 11.2. The second-order valence-electron chi connectivity index (χ2n) is 3.09. The van der Waals surface area contributed by atoms with E-state index in [4.69, 9.17) is 21.4 Å². The van der Waals surface area contributed by atoms with Crippen LogP contribution in [-0.4, -0.2) is 11.7 Å². The van der Waals surface area contributed by atoms with Crippen LogP contribution in [0, 0.1) is 0 Å². The van der Waals surface area contributed by atoms with Gasteiger partial charge in [-0.15, -0.1) is 11.6 Å². The second-order valence-corrected chi connectivity index (χ2v) is 3.36. The molecular weight excluding hydrogens is 204 g/mol. The van der Waals surface area contributed by atoms with Crippen LogP contribution in [-0.2, 0) is 22.7 Å². The highest BCUT2D eigenvalue weighted by molar-refractivity contribution is 6.27. The minimum atomic E-state index is 0.00645. The third-order valence-corrected chi connectivity index (χ3v) is 2.42. The van der Waals surface area contributed by atoms with Crippen molar-refractivity contribution >= 4 is 17.4 Å². The average Bonchev–Trinajstić information content (AvgIpc) is 2.66. The fourth-order valence-corrected chi connectivity index (χ4v) is 1.52. The average molecular weight is 213 g/mol. The van der Waals surface area contributed by atoms with Crippen molar-refractivity contribution in [3.63, 3.8) is 0 Å². The van der Waals surface area contributed by atoms with Crippen LogP contribution in [0.15, 0.2) is 18.2 Å². The Bertz CT molecular complexity index is 362. The predicted molar refractivity (Wildman–Crippen MR) is 51.3 cm³/mol. The lowest BCUT2D eigenvalue weighted by Crippen LogP contribution is -2.05. The van der Waals surface area contributed by atoms with Crippen LogP contribution in [0.1, 0.15) is 11.1 Å². The molecule has 4 heteroatoms. The summed E-state index contributed by atoms with van der Waals surface area (Å²) in [6.45, 7) is 0.404. The summed E-state index contributed by atoms with van der Waals surface area (Å²) in [6, 6.07) is 5.54. The molecule has 1 heterocycles. The quantitative estimate of drug-likeness (QED) is 0.567. The zero-order valence-electron chi connectivity index (χ0n) is 7.46. The number of alkyl halides is 1. The highest BCUT2D eigenvalue weighted by Crippen LogP contribution is 2.29. The van der Waals surface area contributed by atoms with Crippen molar-refractivity contribution in [3.05, 3.63) is 29.3 Å². The van der Waals surface area contributed by atoms with E-state index in [0.717, 1.165) is 11.1 Å². The molecule has 3 nitrogen and oxygen atoms in total. The molecule has 0 saturated carbocycles. The Labute approximate surface area is 86.5 Å². The standard InChI is InChI=1S/C10H9ClO3/c11-5-8(12)4-7-2-1-3-10-9(7)6-13-14-10/h1-3H,4-6H2. The van der Waals surface area contributed by atoms with Crippen LogP contribution in [0.25, 0.3) is 0 Å². The molecule has 1 aromatic carbocycles. The Morgan fingerprint density at radius 1 is 1.50 bits per heavy atom. The van der Waals surface area contributed by atoms with Gasteiger partial charge >= 0.3 is 0 Å². The van der Waals surface area contributed by atoms with Gasteiger partial charge in [0.05, 0.1) is 5.88 Å². The number of halogens is 1. The number of hydrogen-bond donors (Lipinski definition) is 0. The van der Waals surface area contributed by atoms with E-state index in [1.54, 1.807) is 0 Å². The van der Waals surface area contributed by atoms with E-state index in [1.807, 2.05) is 18.2 Å². The Morgan fingerprint density at radius 2 is 2.36 bits per heavy atom. The smallest absolute Gasteiger partial charge is 0.171 e. The van der Waals surface area contributed by atoms with Crippen molar-refractivity contribution in [1.82, 2.24) is 0 Å². The van der Waals surface area contributed by atoms with E-state index in [0.29, 0.717) is 18.8 Å². The van der Waals surface area contributed by atoms with Gasteiger partial charge in [0.25, 0.3) is 0 Å². The monoisotopic (exact) mass is 212 g/mol. The summed E-state index contributed by atoms with van der Waals surface area (Å²) in [5.41, 5.74) is 1.89. The van der Waals surface area contributed by atoms with Crippen molar-refractivity contribution < 1.29 is 14.6 Å². The molecule has 0 spiro atoms. The zero-order chi connectivity index (χ0) is 9.97. The van der Waals surface area contributed by atoms with Crippen LogP contribution in [0.2, 0.25) is 0 Å². The predicted octanol–water partition coefficient (Wildman–Crippen LogP) is 1.86. The van der Waals surface area contributed by atoms with E-state index in [2.05, 4.69) is 0 Å². The molecule has 74 valence electrons. The molecule has 0 atom stereocenters. The van der Waals surface area contributed by atoms with Gasteiger partial charge in [-0.05, 0) is 11.6 Å². The number of carbonyl (C=O) groups excluding carboxylic acids is 1. The van der Waals surface area contributed by atoms with Crippen molar-refractivity contribution in [3.8, 4) is 5.75 Å². The van der Waals surface area contributed by atoms with Gasteiger partial charge in [0, 0.05) is 12.0 Å². The van der Waals surface area contributed by atoms with Crippen molar-refractivity contribution in [2.45, 2.75) is 13.0 Å². The topological polar surface area (TPSA) is 35.5 Å². The van der Waals surface area contributed by atoms with Gasteiger partial charge in [0.1, 0.15) is 6.61 Å². The summed E-state index contributed by atoms with van der Waals surface area (Å²) in [5.74, 6) is 0.752. The molecule has 0 saturated heterocycles. The van der Waals surface area contributed by atoms with Gasteiger partial charge in [0.15, 0.2) is 11.5 Å². The first kappa shape index (κ1) is 9.49.